The Labute approximate surface area is 212 Å². The van der Waals surface area contributed by atoms with Gasteiger partial charge in [0.15, 0.2) is 4.34 Å². The zero-order chi connectivity index (χ0) is 24.8. The molecule has 0 saturated carbocycles. The van der Waals surface area contributed by atoms with Crippen LogP contribution in [0.15, 0.2) is 57.8 Å². The van der Waals surface area contributed by atoms with E-state index >= 15 is 0 Å². The van der Waals surface area contributed by atoms with E-state index in [9.17, 15) is 18.0 Å². The fraction of sp³-hybridized carbons (Fsp3) is 0.304. The van der Waals surface area contributed by atoms with Gasteiger partial charge in [-0.25, -0.2) is 8.42 Å². The molecule has 1 aliphatic heterocycles. The van der Waals surface area contributed by atoms with E-state index in [0.717, 1.165) is 41.9 Å². The predicted octanol–water partition coefficient (Wildman–Crippen LogP) is 4.00. The average molecular weight is 532 g/mol. The Morgan fingerprint density at radius 1 is 1.00 bits per heavy atom. The quantitative estimate of drug-likeness (QED) is 0.333. The van der Waals surface area contributed by atoms with Crippen molar-refractivity contribution in [3.8, 4) is 0 Å². The summed E-state index contributed by atoms with van der Waals surface area (Å²) in [4.78, 5) is 25.0. The number of aryl methyl sites for hydroxylation is 1. The molecule has 0 bridgehead atoms. The van der Waals surface area contributed by atoms with E-state index in [0.29, 0.717) is 28.1 Å². The highest BCUT2D eigenvalue weighted by molar-refractivity contribution is 8.01. The van der Waals surface area contributed by atoms with E-state index in [2.05, 4.69) is 20.8 Å². The molecule has 2 N–H and O–H groups in total. The number of amides is 2. The lowest BCUT2D eigenvalue weighted by molar-refractivity contribution is -0.113. The Morgan fingerprint density at radius 3 is 2.43 bits per heavy atom. The Morgan fingerprint density at radius 2 is 1.71 bits per heavy atom. The highest BCUT2D eigenvalue weighted by Crippen LogP contribution is 2.26. The van der Waals surface area contributed by atoms with E-state index in [-0.39, 0.29) is 16.6 Å². The third-order valence-electron chi connectivity index (χ3n) is 5.44. The Hall–Kier alpha value is -2.80. The number of nitrogens with zero attached hydrogens (tertiary/aromatic N) is 3. The summed E-state index contributed by atoms with van der Waals surface area (Å²) in [6.45, 7) is 2.97. The van der Waals surface area contributed by atoms with Crippen molar-refractivity contribution in [3.05, 3.63) is 59.7 Å². The molecular formula is C23H25N5O4S3. The minimum absolute atomic E-state index is 0.157. The molecule has 2 heterocycles. The van der Waals surface area contributed by atoms with Crippen LogP contribution >= 0.6 is 23.1 Å². The summed E-state index contributed by atoms with van der Waals surface area (Å²) in [6, 6.07) is 13.4. The Balaban J connectivity index is 1.30. The van der Waals surface area contributed by atoms with Crippen LogP contribution in [-0.2, 0) is 14.8 Å². The lowest BCUT2D eigenvalue weighted by Gasteiger charge is -2.25. The molecule has 0 unspecified atom stereocenters. The lowest BCUT2D eigenvalue weighted by atomic mass is 10.2. The van der Waals surface area contributed by atoms with Crippen molar-refractivity contribution in [2.45, 2.75) is 35.4 Å². The molecule has 35 heavy (non-hydrogen) atoms. The normalized spacial score (nSPS) is 14.4. The van der Waals surface area contributed by atoms with Crippen molar-refractivity contribution in [2.24, 2.45) is 0 Å². The smallest absolute Gasteiger partial charge is 0.257 e. The highest BCUT2D eigenvalue weighted by Gasteiger charge is 2.26. The number of rotatable bonds is 8. The maximum Gasteiger partial charge on any atom is 0.257 e. The van der Waals surface area contributed by atoms with Crippen molar-refractivity contribution < 1.29 is 18.0 Å². The number of carbonyl (C=O) groups is 2. The molecule has 1 aromatic heterocycles. The average Bonchev–Trinajstić information content (AvgIpc) is 3.32. The van der Waals surface area contributed by atoms with Gasteiger partial charge in [0.05, 0.1) is 10.6 Å². The van der Waals surface area contributed by atoms with Crippen molar-refractivity contribution >= 4 is 55.8 Å². The van der Waals surface area contributed by atoms with Gasteiger partial charge in [0, 0.05) is 24.3 Å². The molecule has 12 heteroatoms. The summed E-state index contributed by atoms with van der Waals surface area (Å²) >= 11 is 2.39. The largest absolute Gasteiger partial charge is 0.325 e. The monoisotopic (exact) mass is 531 g/mol. The molecule has 184 valence electrons. The Kier molecular flexibility index (Phi) is 8.16. The standard InChI is InChI=1S/C23H25N5O4S3/c1-16-7-3-4-8-19(16)24-20(29)15-33-23-27-26-22(34-23)25-21(30)17-9-11-18(12-10-17)35(31,32)28-13-5-2-6-14-28/h3-4,7-12H,2,5-6,13-15H2,1H3,(H,24,29)(H,25,26,30). The second kappa shape index (κ2) is 11.3. The lowest BCUT2D eigenvalue weighted by Crippen LogP contribution is -2.35. The Bertz CT molecular complexity index is 1300. The number of hydrogen-bond donors (Lipinski definition) is 2. The van der Waals surface area contributed by atoms with Crippen molar-refractivity contribution in [1.82, 2.24) is 14.5 Å². The van der Waals surface area contributed by atoms with E-state index in [1.165, 1.54) is 40.3 Å². The van der Waals surface area contributed by atoms with Gasteiger partial charge < -0.3 is 5.32 Å². The van der Waals surface area contributed by atoms with E-state index in [1.807, 2.05) is 31.2 Å². The van der Waals surface area contributed by atoms with Crippen LogP contribution in [0.2, 0.25) is 0 Å². The molecular weight excluding hydrogens is 506 g/mol. The number of sulfonamides is 1. The number of aromatic nitrogens is 2. The molecule has 0 spiro atoms. The fourth-order valence-corrected chi connectivity index (χ4v) is 6.61. The summed E-state index contributed by atoms with van der Waals surface area (Å²) in [5.41, 5.74) is 2.05. The van der Waals surface area contributed by atoms with Gasteiger partial charge in [-0.3, -0.25) is 14.9 Å². The molecule has 1 saturated heterocycles. The van der Waals surface area contributed by atoms with Gasteiger partial charge in [0.2, 0.25) is 21.1 Å². The number of para-hydroxylation sites is 1. The SMILES string of the molecule is Cc1ccccc1NC(=O)CSc1nnc(NC(=O)c2ccc(S(=O)(=O)N3CCCCC3)cc2)s1. The van der Waals surface area contributed by atoms with Crippen molar-refractivity contribution in [3.63, 3.8) is 0 Å². The van der Waals surface area contributed by atoms with Gasteiger partial charge >= 0.3 is 0 Å². The summed E-state index contributed by atoms with van der Waals surface area (Å²) in [6.07, 6.45) is 2.76. The highest BCUT2D eigenvalue weighted by atomic mass is 32.2. The van der Waals surface area contributed by atoms with Crippen LogP contribution < -0.4 is 10.6 Å². The second-order valence-electron chi connectivity index (χ2n) is 7.97. The van der Waals surface area contributed by atoms with Gasteiger partial charge in [0.1, 0.15) is 0 Å². The van der Waals surface area contributed by atoms with Crippen molar-refractivity contribution in [2.75, 3.05) is 29.5 Å². The summed E-state index contributed by atoms with van der Waals surface area (Å²) in [7, 11) is -3.55. The van der Waals surface area contributed by atoms with Crippen molar-refractivity contribution in [1.29, 1.82) is 0 Å². The molecule has 2 aromatic carbocycles. The zero-order valence-electron chi connectivity index (χ0n) is 19.1. The minimum Gasteiger partial charge on any atom is -0.325 e. The minimum atomic E-state index is -3.55. The molecule has 1 fully saturated rings. The first kappa shape index (κ1) is 25.3. The first-order valence-corrected chi connectivity index (χ1v) is 14.3. The molecule has 4 rings (SSSR count). The first-order chi connectivity index (χ1) is 16.8. The van der Waals surface area contributed by atoms with Gasteiger partial charge in [0.25, 0.3) is 5.91 Å². The maximum absolute atomic E-state index is 12.8. The molecule has 0 aliphatic carbocycles. The van der Waals surface area contributed by atoms with Crippen LogP contribution in [0.5, 0.6) is 0 Å². The number of benzene rings is 2. The number of hydrogen-bond acceptors (Lipinski definition) is 8. The van der Waals surface area contributed by atoms with Gasteiger partial charge in [-0.2, -0.15) is 4.31 Å². The predicted molar refractivity (Wildman–Crippen MR) is 137 cm³/mol. The third kappa shape index (κ3) is 6.45. The second-order valence-corrected chi connectivity index (χ2v) is 12.1. The molecule has 9 nitrogen and oxygen atoms in total. The summed E-state index contributed by atoms with van der Waals surface area (Å²) < 4.78 is 27.6. The molecule has 0 atom stereocenters. The first-order valence-electron chi connectivity index (χ1n) is 11.1. The molecule has 1 aliphatic rings. The van der Waals surface area contributed by atoms with Crippen LogP contribution in [-0.4, -0.2) is 53.6 Å². The molecule has 0 radical (unpaired) electrons. The summed E-state index contributed by atoms with van der Waals surface area (Å²) in [5, 5.41) is 13.8. The number of thioether (sulfide) groups is 1. The number of piperidine rings is 1. The van der Waals surface area contributed by atoms with Gasteiger partial charge in [-0.15, -0.1) is 10.2 Å². The number of anilines is 2. The third-order valence-corrected chi connectivity index (χ3v) is 9.33. The van der Waals surface area contributed by atoms with Crippen LogP contribution in [0.3, 0.4) is 0 Å². The summed E-state index contributed by atoms with van der Waals surface area (Å²) in [5.74, 6) is -0.425. The van der Waals surface area contributed by atoms with Crippen LogP contribution in [0.1, 0.15) is 35.2 Å². The van der Waals surface area contributed by atoms with Gasteiger partial charge in [-0.1, -0.05) is 47.7 Å². The topological polar surface area (TPSA) is 121 Å². The zero-order valence-corrected chi connectivity index (χ0v) is 21.5. The van der Waals surface area contributed by atoms with Crippen LogP contribution in [0, 0.1) is 6.92 Å². The number of nitrogens with one attached hydrogen (secondary N) is 2. The van der Waals surface area contributed by atoms with Crippen LogP contribution in [0.25, 0.3) is 0 Å². The molecule has 2 amide bonds. The molecule has 3 aromatic rings. The van der Waals surface area contributed by atoms with Gasteiger partial charge in [-0.05, 0) is 55.7 Å². The fourth-order valence-electron chi connectivity index (χ4n) is 3.55. The van der Waals surface area contributed by atoms with E-state index in [1.54, 1.807) is 0 Å². The van der Waals surface area contributed by atoms with E-state index < -0.39 is 15.9 Å². The number of carbonyl (C=O) groups excluding carboxylic acids is 2. The maximum atomic E-state index is 12.8. The van der Waals surface area contributed by atoms with E-state index in [4.69, 9.17) is 0 Å². The van der Waals surface area contributed by atoms with Crippen LogP contribution in [0.4, 0.5) is 10.8 Å².